The maximum atomic E-state index is 12.7. The van der Waals surface area contributed by atoms with Crippen LogP contribution in [0.1, 0.15) is 335 Å². The molecule has 77 heavy (non-hydrogen) atoms. The maximum Gasteiger partial charge on any atom is 0.472 e. The van der Waals surface area contributed by atoms with Gasteiger partial charge >= 0.3 is 19.8 Å². The average Bonchev–Trinajstić information content (AvgIpc) is 3.42. The molecule has 0 aromatic carbocycles. The van der Waals surface area contributed by atoms with Crippen LogP contribution in [0.15, 0.2) is 48.6 Å². The van der Waals surface area contributed by atoms with Gasteiger partial charge in [-0.3, -0.25) is 18.6 Å². The number of unbranched alkanes of at least 4 members (excludes halogenated alkanes) is 42. The topological polar surface area (TPSA) is 134 Å². The van der Waals surface area contributed by atoms with Crippen molar-refractivity contribution < 1.29 is 37.6 Å². The second-order valence-corrected chi connectivity index (χ2v) is 23.8. The number of allylic oxidation sites excluding steroid dienone is 8. The lowest BCUT2D eigenvalue weighted by Crippen LogP contribution is -2.29. The summed E-state index contributed by atoms with van der Waals surface area (Å²) in [5.74, 6) is -0.817. The van der Waals surface area contributed by atoms with E-state index in [0.29, 0.717) is 6.42 Å². The Bertz CT molecular complexity index is 1400. The van der Waals surface area contributed by atoms with E-state index in [2.05, 4.69) is 62.5 Å². The monoisotopic (exact) mass is 1100 g/mol. The Morgan fingerprint density at radius 2 is 0.675 bits per heavy atom. The van der Waals surface area contributed by atoms with Gasteiger partial charge in [-0.15, -0.1) is 0 Å². The normalized spacial score (nSPS) is 13.2. The van der Waals surface area contributed by atoms with Gasteiger partial charge in [-0.1, -0.05) is 294 Å². The highest BCUT2D eigenvalue weighted by atomic mass is 31.2. The minimum absolute atomic E-state index is 0.0539. The van der Waals surface area contributed by atoms with E-state index in [-0.39, 0.29) is 38.6 Å². The summed E-state index contributed by atoms with van der Waals surface area (Å²) in [6, 6.07) is 0. The smallest absolute Gasteiger partial charge is 0.462 e. The van der Waals surface area contributed by atoms with Crippen molar-refractivity contribution in [3.8, 4) is 0 Å². The molecule has 0 aromatic rings. The van der Waals surface area contributed by atoms with Crippen molar-refractivity contribution in [1.29, 1.82) is 0 Å². The second-order valence-electron chi connectivity index (χ2n) is 22.3. The molecule has 0 fully saturated rings. The molecule has 10 heteroatoms. The number of carbonyl (C=O) groups excluding carboxylic acids is 2. The molecule has 452 valence electrons. The largest absolute Gasteiger partial charge is 0.472 e. The van der Waals surface area contributed by atoms with E-state index in [4.69, 9.17) is 24.3 Å². The number of hydrogen-bond acceptors (Lipinski definition) is 8. The molecule has 0 rings (SSSR count). The van der Waals surface area contributed by atoms with E-state index in [1.165, 1.54) is 257 Å². The summed E-state index contributed by atoms with van der Waals surface area (Å²) in [6.07, 6.45) is 79.2. The first-order valence-electron chi connectivity index (χ1n) is 33.1. The highest BCUT2D eigenvalue weighted by molar-refractivity contribution is 7.47. The van der Waals surface area contributed by atoms with Gasteiger partial charge in [-0.2, -0.15) is 0 Å². The van der Waals surface area contributed by atoms with E-state index < -0.39 is 26.5 Å². The van der Waals surface area contributed by atoms with Crippen LogP contribution in [0.2, 0.25) is 0 Å². The van der Waals surface area contributed by atoms with Crippen LogP contribution in [-0.2, 0) is 32.7 Å². The van der Waals surface area contributed by atoms with Gasteiger partial charge in [-0.25, -0.2) is 4.57 Å². The first-order chi connectivity index (χ1) is 37.8. The number of phosphoric acid groups is 1. The number of rotatable bonds is 63. The molecule has 0 radical (unpaired) electrons. The van der Waals surface area contributed by atoms with Gasteiger partial charge in [0.05, 0.1) is 13.2 Å². The fourth-order valence-corrected chi connectivity index (χ4v) is 10.5. The van der Waals surface area contributed by atoms with Crippen molar-refractivity contribution in [2.24, 2.45) is 5.73 Å². The van der Waals surface area contributed by atoms with Crippen LogP contribution < -0.4 is 5.73 Å². The van der Waals surface area contributed by atoms with Gasteiger partial charge in [-0.05, 0) is 77.0 Å². The lowest BCUT2D eigenvalue weighted by atomic mass is 10.0. The van der Waals surface area contributed by atoms with Crippen LogP contribution >= 0.6 is 7.82 Å². The Kier molecular flexibility index (Phi) is 61.5. The highest BCUT2D eigenvalue weighted by Crippen LogP contribution is 2.43. The van der Waals surface area contributed by atoms with Crippen LogP contribution in [0, 0.1) is 0 Å². The molecule has 0 saturated carbocycles. The standard InChI is InChI=1S/C67H126NO8P/c1-3-5-7-9-11-13-15-17-19-21-23-24-25-26-27-28-29-30-31-32-33-34-35-36-37-38-39-40-42-44-46-48-50-52-54-56-58-60-67(70)76-65(64-75-77(71,72)74-62-61-68)63-73-66(69)59-57-55-53-51-49-47-45-43-41-22-20-18-16-14-12-10-8-6-4-2/h12,14-15,17-18,20-21,23,65H,3-11,13,16,19,22,24-64,68H2,1-2H3,(H,71,72)/b14-12-,17-15-,20-18-,23-21-. The molecule has 0 amide bonds. The molecule has 0 aromatic heterocycles. The maximum absolute atomic E-state index is 12.7. The highest BCUT2D eigenvalue weighted by Gasteiger charge is 2.26. The summed E-state index contributed by atoms with van der Waals surface area (Å²) < 4.78 is 33.1. The van der Waals surface area contributed by atoms with Gasteiger partial charge in [0.25, 0.3) is 0 Å². The molecule has 0 saturated heterocycles. The first kappa shape index (κ1) is 75.0. The number of ether oxygens (including phenoxy) is 2. The molecule has 3 N–H and O–H groups in total. The van der Waals surface area contributed by atoms with E-state index in [1.807, 2.05) is 0 Å². The van der Waals surface area contributed by atoms with Crippen LogP contribution in [-0.4, -0.2) is 49.3 Å². The second kappa shape index (κ2) is 63.2. The lowest BCUT2D eigenvalue weighted by Gasteiger charge is -2.19. The Morgan fingerprint density at radius 1 is 0.390 bits per heavy atom. The third kappa shape index (κ3) is 63.0. The molecule has 9 nitrogen and oxygen atoms in total. The number of phosphoric ester groups is 1. The van der Waals surface area contributed by atoms with Crippen LogP contribution in [0.3, 0.4) is 0 Å². The van der Waals surface area contributed by atoms with Crippen molar-refractivity contribution >= 4 is 19.8 Å². The number of nitrogens with two attached hydrogens (primary N) is 1. The predicted molar refractivity (Wildman–Crippen MR) is 330 cm³/mol. The van der Waals surface area contributed by atoms with Gasteiger partial charge in [0.1, 0.15) is 6.61 Å². The Balaban J connectivity index is 3.80. The van der Waals surface area contributed by atoms with Crippen molar-refractivity contribution in [2.75, 3.05) is 26.4 Å². The number of esters is 2. The summed E-state index contributed by atoms with van der Waals surface area (Å²) in [6.45, 7) is 3.75. The SMILES string of the molecule is CCCCC/C=C\C/C=C\CCCCCCCCCCCC(=O)OCC(COP(=O)(O)OCCN)OC(=O)CCCCCCCCCCCCCCCCCCCCCCCCCCC/C=C\C/C=C\CCCCCCC. The lowest BCUT2D eigenvalue weighted by molar-refractivity contribution is -0.161. The summed E-state index contributed by atoms with van der Waals surface area (Å²) in [5, 5.41) is 0. The first-order valence-corrected chi connectivity index (χ1v) is 34.6. The van der Waals surface area contributed by atoms with Crippen LogP contribution in [0.5, 0.6) is 0 Å². The number of carbonyl (C=O) groups is 2. The van der Waals surface area contributed by atoms with Crippen molar-refractivity contribution in [3.63, 3.8) is 0 Å². The molecule has 0 heterocycles. The molecule has 0 spiro atoms. The Morgan fingerprint density at radius 3 is 1.01 bits per heavy atom. The van der Waals surface area contributed by atoms with Crippen LogP contribution in [0.4, 0.5) is 0 Å². The molecule has 0 aliphatic heterocycles. The summed E-state index contributed by atoms with van der Waals surface area (Å²) >= 11 is 0. The molecular weight excluding hydrogens is 978 g/mol. The fraction of sp³-hybridized carbons (Fsp3) is 0.851. The predicted octanol–water partition coefficient (Wildman–Crippen LogP) is 21.3. The van der Waals surface area contributed by atoms with Gasteiger partial charge in [0, 0.05) is 19.4 Å². The number of hydrogen-bond donors (Lipinski definition) is 2. The minimum atomic E-state index is -4.39. The van der Waals surface area contributed by atoms with Crippen LogP contribution in [0.25, 0.3) is 0 Å². The third-order valence-corrected chi connectivity index (χ3v) is 15.7. The van der Waals surface area contributed by atoms with Gasteiger partial charge in [0.2, 0.25) is 0 Å². The Hall–Kier alpha value is -2.03. The summed E-state index contributed by atoms with van der Waals surface area (Å²) in [7, 11) is -4.39. The van der Waals surface area contributed by atoms with Crippen molar-refractivity contribution in [2.45, 2.75) is 341 Å². The molecule has 0 aliphatic rings. The molecular formula is C67H126NO8P. The van der Waals surface area contributed by atoms with E-state index in [1.54, 1.807) is 0 Å². The fourth-order valence-electron chi connectivity index (χ4n) is 9.76. The van der Waals surface area contributed by atoms with Gasteiger partial charge in [0.15, 0.2) is 6.10 Å². The zero-order chi connectivity index (χ0) is 55.9. The van der Waals surface area contributed by atoms with E-state index in [9.17, 15) is 19.0 Å². The molecule has 2 unspecified atom stereocenters. The van der Waals surface area contributed by atoms with E-state index in [0.717, 1.165) is 44.9 Å². The zero-order valence-corrected chi connectivity index (χ0v) is 51.6. The average molecular weight is 1100 g/mol. The molecule has 0 bridgehead atoms. The van der Waals surface area contributed by atoms with E-state index >= 15 is 0 Å². The van der Waals surface area contributed by atoms with Crippen molar-refractivity contribution in [3.05, 3.63) is 48.6 Å². The Labute approximate surface area is 477 Å². The molecule has 0 aliphatic carbocycles. The summed E-state index contributed by atoms with van der Waals surface area (Å²) in [4.78, 5) is 35.2. The quantitative estimate of drug-likeness (QED) is 0.0264. The summed E-state index contributed by atoms with van der Waals surface area (Å²) in [5.41, 5.74) is 5.39. The third-order valence-electron chi connectivity index (χ3n) is 14.7. The zero-order valence-electron chi connectivity index (χ0n) is 50.7. The molecule has 2 atom stereocenters. The van der Waals surface area contributed by atoms with Crippen molar-refractivity contribution in [1.82, 2.24) is 0 Å². The van der Waals surface area contributed by atoms with Gasteiger partial charge < -0.3 is 20.1 Å². The minimum Gasteiger partial charge on any atom is -0.462 e.